The fourth-order valence-electron chi connectivity index (χ4n) is 3.59. The number of amides is 1. The molecule has 0 aliphatic carbocycles. The molecule has 1 N–H and O–H groups in total. The number of allylic oxidation sites excluding steroid dienone is 3. The summed E-state index contributed by atoms with van der Waals surface area (Å²) in [7, 11) is 1.69. The first-order valence-electron chi connectivity index (χ1n) is 10.0. The van der Waals surface area contributed by atoms with Crippen molar-refractivity contribution in [2.75, 3.05) is 7.05 Å². The van der Waals surface area contributed by atoms with Gasteiger partial charge in [0.15, 0.2) is 11.6 Å². The Balaban J connectivity index is 2.06. The summed E-state index contributed by atoms with van der Waals surface area (Å²) in [6.07, 6.45) is 6.12. The molecule has 4 nitrogen and oxygen atoms in total. The molecule has 3 aromatic rings. The molecule has 0 fully saturated rings. The molecule has 3 rings (SSSR count). The van der Waals surface area contributed by atoms with E-state index in [2.05, 4.69) is 23.8 Å². The first-order chi connectivity index (χ1) is 14.9. The van der Waals surface area contributed by atoms with Gasteiger partial charge in [0.05, 0.1) is 11.1 Å². The number of hydrogen-bond acceptors (Lipinski definition) is 2. The third-order valence-corrected chi connectivity index (χ3v) is 5.18. The highest BCUT2D eigenvalue weighted by Crippen LogP contribution is 2.28. The summed E-state index contributed by atoms with van der Waals surface area (Å²) in [5, 5.41) is 3.64. The quantitative estimate of drug-likeness (QED) is 0.326. The van der Waals surface area contributed by atoms with Gasteiger partial charge in [0.2, 0.25) is 0 Å². The maximum atomic E-state index is 13.5. The predicted molar refractivity (Wildman–Crippen MR) is 122 cm³/mol. The van der Waals surface area contributed by atoms with Gasteiger partial charge in [0.1, 0.15) is 5.84 Å². The molecular weight excluding hydrogens is 396 g/mol. The van der Waals surface area contributed by atoms with Gasteiger partial charge in [0, 0.05) is 24.7 Å². The number of rotatable bonds is 6. The van der Waals surface area contributed by atoms with Crippen molar-refractivity contribution >= 4 is 22.6 Å². The molecule has 160 valence electrons. The van der Waals surface area contributed by atoms with E-state index in [-0.39, 0.29) is 12.5 Å². The van der Waals surface area contributed by atoms with Crippen molar-refractivity contribution in [3.63, 3.8) is 0 Å². The number of aliphatic imine (C=N–C) groups is 1. The Bertz CT molecular complexity index is 1210. The summed E-state index contributed by atoms with van der Waals surface area (Å²) in [4.78, 5) is 17.5. The lowest BCUT2D eigenvalue weighted by Gasteiger charge is -2.09. The molecule has 0 aliphatic rings. The highest BCUT2D eigenvalue weighted by molar-refractivity contribution is 6.13. The van der Waals surface area contributed by atoms with E-state index in [4.69, 9.17) is 0 Å². The maximum Gasteiger partial charge on any atom is 0.254 e. The summed E-state index contributed by atoms with van der Waals surface area (Å²) >= 11 is 0. The number of benzene rings is 2. The number of carbonyl (C=O) groups excluding carboxylic acids is 1. The zero-order valence-electron chi connectivity index (χ0n) is 17.9. The lowest BCUT2D eigenvalue weighted by molar-refractivity contribution is 0.0952. The van der Waals surface area contributed by atoms with E-state index in [0.29, 0.717) is 17.0 Å². The monoisotopic (exact) mass is 421 g/mol. The molecule has 2 aromatic carbocycles. The third kappa shape index (κ3) is 4.48. The molecule has 0 unspecified atom stereocenters. The standard InChI is InChI=1S/C25H25F2N3O/c1-5-7-8-23(28-4)30-16(3)24(19-13-17(6-2)10-12-22(19)30)25(31)29-15-18-9-11-20(26)21(27)14-18/h5,7-14H,1,6,15H2,2-4H3,(H,29,31)/b8-7-,28-23?. The highest BCUT2D eigenvalue weighted by Gasteiger charge is 2.22. The van der Waals surface area contributed by atoms with E-state index in [1.165, 1.54) is 6.07 Å². The van der Waals surface area contributed by atoms with Crippen LogP contribution >= 0.6 is 0 Å². The number of nitrogens with one attached hydrogen (secondary N) is 1. The van der Waals surface area contributed by atoms with Crippen LogP contribution in [0.3, 0.4) is 0 Å². The normalized spacial score (nSPS) is 12.0. The zero-order chi connectivity index (χ0) is 22.5. The summed E-state index contributed by atoms with van der Waals surface area (Å²) in [5.41, 5.74) is 3.71. The van der Waals surface area contributed by atoms with Crippen LogP contribution in [0.25, 0.3) is 10.9 Å². The van der Waals surface area contributed by atoms with Crippen molar-refractivity contribution in [1.82, 2.24) is 9.88 Å². The van der Waals surface area contributed by atoms with Gasteiger partial charge < -0.3 is 5.32 Å². The van der Waals surface area contributed by atoms with E-state index in [1.807, 2.05) is 35.8 Å². The number of aromatic nitrogens is 1. The van der Waals surface area contributed by atoms with Gasteiger partial charge in [-0.3, -0.25) is 14.4 Å². The molecule has 0 radical (unpaired) electrons. The Hall–Kier alpha value is -3.54. The van der Waals surface area contributed by atoms with Crippen molar-refractivity contribution < 1.29 is 13.6 Å². The Labute approximate surface area is 180 Å². The van der Waals surface area contributed by atoms with Crippen LogP contribution in [-0.4, -0.2) is 23.4 Å². The molecule has 0 aliphatic heterocycles. The number of hydrogen-bond donors (Lipinski definition) is 1. The molecule has 0 spiro atoms. The van der Waals surface area contributed by atoms with E-state index >= 15 is 0 Å². The molecule has 1 heterocycles. The van der Waals surface area contributed by atoms with Crippen molar-refractivity contribution in [3.05, 3.63) is 95.2 Å². The van der Waals surface area contributed by atoms with Gasteiger partial charge >= 0.3 is 0 Å². The first-order valence-corrected chi connectivity index (χ1v) is 10.0. The van der Waals surface area contributed by atoms with Crippen molar-refractivity contribution in [2.24, 2.45) is 4.99 Å². The number of aryl methyl sites for hydroxylation is 1. The van der Waals surface area contributed by atoms with Gasteiger partial charge in [-0.25, -0.2) is 8.78 Å². The van der Waals surface area contributed by atoms with Crippen LogP contribution in [0, 0.1) is 18.6 Å². The molecule has 1 aromatic heterocycles. The van der Waals surface area contributed by atoms with E-state index in [1.54, 1.807) is 19.2 Å². The minimum absolute atomic E-state index is 0.0840. The topological polar surface area (TPSA) is 46.4 Å². The van der Waals surface area contributed by atoms with Crippen molar-refractivity contribution in [2.45, 2.75) is 26.8 Å². The summed E-state index contributed by atoms with van der Waals surface area (Å²) in [6, 6.07) is 9.62. The van der Waals surface area contributed by atoms with Crippen LogP contribution in [0.15, 0.2) is 66.2 Å². The van der Waals surface area contributed by atoms with Crippen LogP contribution in [0.2, 0.25) is 0 Å². The van der Waals surface area contributed by atoms with Crippen LogP contribution in [-0.2, 0) is 13.0 Å². The van der Waals surface area contributed by atoms with Crippen LogP contribution in [0.1, 0.15) is 34.1 Å². The maximum absolute atomic E-state index is 13.5. The molecule has 1 amide bonds. The fraction of sp³-hybridized carbons (Fsp3) is 0.200. The number of halogens is 2. The second-order valence-corrected chi connectivity index (χ2v) is 7.11. The Morgan fingerprint density at radius 2 is 1.90 bits per heavy atom. The SMILES string of the molecule is C=C/C=C\C(=NC)n1c(C)c(C(=O)NCc2ccc(F)c(F)c2)c2cc(CC)ccc21. The van der Waals surface area contributed by atoms with Gasteiger partial charge in [0.25, 0.3) is 5.91 Å². The lowest BCUT2D eigenvalue weighted by atomic mass is 10.1. The minimum atomic E-state index is -0.940. The second kappa shape index (κ2) is 9.51. The number of carbonyl (C=O) groups is 1. The second-order valence-electron chi connectivity index (χ2n) is 7.11. The summed E-state index contributed by atoms with van der Waals surface area (Å²) in [5.74, 6) is -1.47. The van der Waals surface area contributed by atoms with Crippen LogP contribution in [0.5, 0.6) is 0 Å². The predicted octanol–water partition coefficient (Wildman–Crippen LogP) is 5.34. The van der Waals surface area contributed by atoms with E-state index < -0.39 is 11.6 Å². The molecule has 6 heteroatoms. The average Bonchev–Trinajstić information content (AvgIpc) is 3.06. The van der Waals surface area contributed by atoms with Gasteiger partial charge in [-0.05, 0) is 54.8 Å². The minimum Gasteiger partial charge on any atom is -0.348 e. The van der Waals surface area contributed by atoms with E-state index in [0.717, 1.165) is 40.7 Å². The first kappa shape index (κ1) is 22.2. The average molecular weight is 421 g/mol. The summed E-state index contributed by atoms with van der Waals surface area (Å²) < 4.78 is 28.6. The Morgan fingerprint density at radius 3 is 2.55 bits per heavy atom. The van der Waals surface area contributed by atoms with Gasteiger partial charge in [-0.15, -0.1) is 0 Å². The van der Waals surface area contributed by atoms with Gasteiger partial charge in [-0.2, -0.15) is 0 Å². The molecular formula is C25H25F2N3O. The molecule has 0 saturated carbocycles. The van der Waals surface area contributed by atoms with Crippen LogP contribution in [0.4, 0.5) is 8.78 Å². The molecule has 31 heavy (non-hydrogen) atoms. The number of fused-ring (bicyclic) bond motifs is 1. The van der Waals surface area contributed by atoms with Crippen molar-refractivity contribution in [3.8, 4) is 0 Å². The van der Waals surface area contributed by atoms with Crippen molar-refractivity contribution in [1.29, 1.82) is 0 Å². The smallest absolute Gasteiger partial charge is 0.254 e. The fourth-order valence-corrected chi connectivity index (χ4v) is 3.59. The zero-order valence-corrected chi connectivity index (χ0v) is 17.9. The molecule has 0 atom stereocenters. The molecule has 0 saturated heterocycles. The van der Waals surface area contributed by atoms with Crippen LogP contribution < -0.4 is 5.32 Å². The van der Waals surface area contributed by atoms with E-state index in [9.17, 15) is 13.6 Å². The molecule has 0 bridgehead atoms. The Morgan fingerprint density at radius 1 is 1.16 bits per heavy atom. The highest BCUT2D eigenvalue weighted by atomic mass is 19.2. The Kier molecular flexibility index (Phi) is 6.80. The third-order valence-electron chi connectivity index (χ3n) is 5.18. The lowest BCUT2D eigenvalue weighted by Crippen LogP contribution is -2.24. The number of nitrogens with zero attached hydrogens (tertiary/aromatic N) is 2. The van der Waals surface area contributed by atoms with Gasteiger partial charge in [-0.1, -0.05) is 37.8 Å². The summed E-state index contributed by atoms with van der Waals surface area (Å²) in [6.45, 7) is 7.71. The largest absolute Gasteiger partial charge is 0.348 e.